The first-order valence-electron chi connectivity index (χ1n) is 8.77. The summed E-state index contributed by atoms with van der Waals surface area (Å²) in [6.07, 6.45) is 0. The molecule has 28 heavy (non-hydrogen) atoms. The molecule has 0 atom stereocenters. The molecular weight excluding hydrogens is 440 g/mol. The van der Waals surface area contributed by atoms with E-state index >= 15 is 0 Å². The van der Waals surface area contributed by atoms with Crippen LogP contribution in [0, 0.1) is 6.92 Å². The summed E-state index contributed by atoms with van der Waals surface area (Å²) < 4.78 is 6.42. The molecule has 0 spiro atoms. The van der Waals surface area contributed by atoms with E-state index in [0.717, 1.165) is 15.7 Å². The van der Waals surface area contributed by atoms with Gasteiger partial charge in [-0.25, -0.2) is 0 Å². The SMILES string of the molecule is Cc1ccc(NCc2ccc(OCC(=O)Nc3ccc(Cl)cc3)c(Br)c2)cc1. The molecule has 0 aliphatic rings. The Kier molecular flexibility index (Phi) is 6.95. The Balaban J connectivity index is 1.51. The summed E-state index contributed by atoms with van der Waals surface area (Å²) in [4.78, 5) is 12.0. The molecule has 0 fully saturated rings. The maximum atomic E-state index is 12.0. The van der Waals surface area contributed by atoms with Gasteiger partial charge in [-0.3, -0.25) is 4.79 Å². The molecule has 0 aromatic heterocycles. The van der Waals surface area contributed by atoms with Crippen molar-refractivity contribution in [2.45, 2.75) is 13.5 Å². The molecule has 0 bridgehead atoms. The highest BCUT2D eigenvalue weighted by Gasteiger charge is 2.07. The average molecular weight is 460 g/mol. The Morgan fingerprint density at radius 2 is 1.68 bits per heavy atom. The number of amides is 1. The second-order valence-corrected chi connectivity index (χ2v) is 7.62. The fourth-order valence-electron chi connectivity index (χ4n) is 2.52. The Bertz CT molecular complexity index is 944. The van der Waals surface area contributed by atoms with Crippen LogP contribution in [0.2, 0.25) is 5.02 Å². The predicted molar refractivity (Wildman–Crippen MR) is 118 cm³/mol. The zero-order valence-electron chi connectivity index (χ0n) is 15.3. The number of aryl methyl sites for hydroxylation is 1. The summed E-state index contributed by atoms with van der Waals surface area (Å²) in [5.41, 5.74) is 4.08. The van der Waals surface area contributed by atoms with Gasteiger partial charge in [0.1, 0.15) is 5.75 Å². The minimum Gasteiger partial charge on any atom is -0.483 e. The van der Waals surface area contributed by atoms with E-state index in [9.17, 15) is 4.79 Å². The first-order chi connectivity index (χ1) is 13.5. The molecule has 4 nitrogen and oxygen atoms in total. The van der Waals surface area contributed by atoms with E-state index in [1.807, 2.05) is 18.2 Å². The number of ether oxygens (including phenoxy) is 1. The van der Waals surface area contributed by atoms with Gasteiger partial charge >= 0.3 is 0 Å². The van der Waals surface area contributed by atoms with E-state index in [0.29, 0.717) is 23.0 Å². The third kappa shape index (κ3) is 6.01. The molecule has 3 aromatic carbocycles. The quantitative estimate of drug-likeness (QED) is 0.453. The Morgan fingerprint density at radius 3 is 2.36 bits per heavy atom. The van der Waals surface area contributed by atoms with Crippen LogP contribution in [0.15, 0.2) is 71.2 Å². The van der Waals surface area contributed by atoms with Crippen LogP contribution in [0.4, 0.5) is 11.4 Å². The lowest BCUT2D eigenvalue weighted by Crippen LogP contribution is -2.20. The molecule has 0 aliphatic carbocycles. The summed E-state index contributed by atoms with van der Waals surface area (Å²) in [5.74, 6) is 0.379. The van der Waals surface area contributed by atoms with Gasteiger partial charge in [0.2, 0.25) is 0 Å². The summed E-state index contributed by atoms with van der Waals surface area (Å²) in [6, 6.07) is 21.0. The van der Waals surface area contributed by atoms with Crippen molar-refractivity contribution in [2.24, 2.45) is 0 Å². The van der Waals surface area contributed by atoms with E-state index in [4.69, 9.17) is 16.3 Å². The number of carbonyl (C=O) groups excluding carboxylic acids is 1. The first-order valence-corrected chi connectivity index (χ1v) is 9.94. The van der Waals surface area contributed by atoms with Crippen molar-refractivity contribution in [2.75, 3.05) is 17.2 Å². The summed E-state index contributed by atoms with van der Waals surface area (Å²) in [6.45, 7) is 2.68. The van der Waals surface area contributed by atoms with Gasteiger partial charge in [-0.15, -0.1) is 0 Å². The Morgan fingerprint density at radius 1 is 1.00 bits per heavy atom. The van der Waals surface area contributed by atoms with Gasteiger partial charge in [0.05, 0.1) is 4.47 Å². The number of rotatable bonds is 7. The molecule has 0 unspecified atom stereocenters. The first kappa shape index (κ1) is 20.2. The van der Waals surface area contributed by atoms with Crippen molar-refractivity contribution in [1.29, 1.82) is 0 Å². The highest BCUT2D eigenvalue weighted by Crippen LogP contribution is 2.26. The number of nitrogens with one attached hydrogen (secondary N) is 2. The molecule has 0 aliphatic heterocycles. The normalized spacial score (nSPS) is 10.4. The molecule has 3 rings (SSSR count). The van der Waals surface area contributed by atoms with Gasteiger partial charge in [-0.2, -0.15) is 0 Å². The largest absolute Gasteiger partial charge is 0.483 e. The minimum atomic E-state index is -0.237. The number of carbonyl (C=O) groups is 1. The van der Waals surface area contributed by atoms with Crippen molar-refractivity contribution in [3.63, 3.8) is 0 Å². The van der Waals surface area contributed by atoms with Crippen LogP contribution in [0.25, 0.3) is 0 Å². The van der Waals surface area contributed by atoms with Crippen molar-refractivity contribution < 1.29 is 9.53 Å². The lowest BCUT2D eigenvalue weighted by Gasteiger charge is -2.11. The van der Waals surface area contributed by atoms with Crippen molar-refractivity contribution in [1.82, 2.24) is 0 Å². The van der Waals surface area contributed by atoms with Gasteiger partial charge in [-0.05, 0) is 76.9 Å². The minimum absolute atomic E-state index is 0.0812. The van der Waals surface area contributed by atoms with Crippen LogP contribution in [-0.2, 0) is 11.3 Å². The molecule has 1 amide bonds. The van der Waals surface area contributed by atoms with Crippen LogP contribution in [0.3, 0.4) is 0 Å². The molecule has 0 saturated heterocycles. The van der Waals surface area contributed by atoms with Crippen LogP contribution < -0.4 is 15.4 Å². The number of benzene rings is 3. The highest BCUT2D eigenvalue weighted by molar-refractivity contribution is 9.10. The second kappa shape index (κ2) is 9.62. The number of hydrogen-bond donors (Lipinski definition) is 2. The van der Waals surface area contributed by atoms with Crippen LogP contribution in [0.5, 0.6) is 5.75 Å². The van der Waals surface area contributed by atoms with Gasteiger partial charge in [0.15, 0.2) is 6.61 Å². The second-order valence-electron chi connectivity index (χ2n) is 6.33. The van der Waals surface area contributed by atoms with Gasteiger partial charge in [-0.1, -0.05) is 35.4 Å². The zero-order valence-corrected chi connectivity index (χ0v) is 17.7. The highest BCUT2D eigenvalue weighted by atomic mass is 79.9. The van der Waals surface area contributed by atoms with E-state index in [1.165, 1.54) is 5.56 Å². The van der Waals surface area contributed by atoms with E-state index in [1.54, 1.807) is 24.3 Å². The van der Waals surface area contributed by atoms with E-state index < -0.39 is 0 Å². The fraction of sp³-hybridized carbons (Fsp3) is 0.136. The molecule has 0 saturated carbocycles. The third-order valence-corrected chi connectivity index (χ3v) is 4.90. The smallest absolute Gasteiger partial charge is 0.262 e. The van der Waals surface area contributed by atoms with Crippen molar-refractivity contribution in [3.05, 3.63) is 87.4 Å². The standard InChI is InChI=1S/C22H20BrClN2O2/c1-15-2-7-18(8-3-15)25-13-16-4-11-21(20(23)12-16)28-14-22(27)26-19-9-5-17(24)6-10-19/h2-12,25H,13-14H2,1H3,(H,26,27). The Hall–Kier alpha value is -2.50. The van der Waals surface area contributed by atoms with Crippen molar-refractivity contribution >= 4 is 44.8 Å². The van der Waals surface area contributed by atoms with Crippen LogP contribution in [0.1, 0.15) is 11.1 Å². The number of anilines is 2. The topological polar surface area (TPSA) is 50.4 Å². The van der Waals surface area contributed by atoms with Crippen LogP contribution in [-0.4, -0.2) is 12.5 Å². The molecule has 3 aromatic rings. The van der Waals surface area contributed by atoms with Crippen LogP contribution >= 0.6 is 27.5 Å². The lowest BCUT2D eigenvalue weighted by atomic mass is 10.2. The van der Waals surface area contributed by atoms with Crippen molar-refractivity contribution in [3.8, 4) is 5.75 Å². The molecule has 6 heteroatoms. The molecular formula is C22H20BrClN2O2. The summed E-state index contributed by atoms with van der Waals surface area (Å²) in [7, 11) is 0. The lowest BCUT2D eigenvalue weighted by molar-refractivity contribution is -0.118. The monoisotopic (exact) mass is 458 g/mol. The molecule has 2 N–H and O–H groups in total. The molecule has 0 heterocycles. The number of hydrogen-bond acceptors (Lipinski definition) is 3. The van der Waals surface area contributed by atoms with Gasteiger partial charge < -0.3 is 15.4 Å². The maximum Gasteiger partial charge on any atom is 0.262 e. The van der Waals surface area contributed by atoms with E-state index in [-0.39, 0.29) is 12.5 Å². The average Bonchev–Trinajstić information content (AvgIpc) is 2.68. The predicted octanol–water partition coefficient (Wildman–Crippen LogP) is 6.04. The molecule has 0 radical (unpaired) electrons. The molecule has 144 valence electrons. The fourth-order valence-corrected chi connectivity index (χ4v) is 3.19. The third-order valence-electron chi connectivity index (χ3n) is 4.03. The van der Waals surface area contributed by atoms with Gasteiger partial charge in [0.25, 0.3) is 5.91 Å². The Labute approximate surface area is 178 Å². The summed E-state index contributed by atoms with van der Waals surface area (Å²) >= 11 is 9.34. The zero-order chi connectivity index (χ0) is 19.9. The summed E-state index contributed by atoms with van der Waals surface area (Å²) in [5, 5.41) is 6.77. The number of halogens is 2. The maximum absolute atomic E-state index is 12.0. The van der Waals surface area contributed by atoms with E-state index in [2.05, 4.69) is 57.8 Å². The van der Waals surface area contributed by atoms with Gasteiger partial charge in [0, 0.05) is 22.9 Å².